The van der Waals surface area contributed by atoms with E-state index in [1.807, 2.05) is 5.32 Å². The van der Waals surface area contributed by atoms with Crippen LogP contribution in [0.4, 0.5) is 23.2 Å². The Morgan fingerprint density at radius 3 is 1.85 bits per heavy atom. The van der Waals surface area contributed by atoms with Crippen LogP contribution in [0.5, 0.6) is 0 Å². The van der Waals surface area contributed by atoms with E-state index in [2.05, 4.69) is 20.4 Å². The number of methoxy groups -OCH3 is 1. The molecule has 0 spiro atoms. The highest BCUT2D eigenvalue weighted by Gasteiger charge is 2.50. The number of hydrogen-bond donors (Lipinski definition) is 3. The number of amides is 3. The number of carbonyl (C=O) groups is 4. The van der Waals surface area contributed by atoms with Crippen LogP contribution in [-0.2, 0) is 30.3 Å². The Labute approximate surface area is 232 Å². The van der Waals surface area contributed by atoms with Gasteiger partial charge in [-0.3, -0.25) is 15.6 Å². The number of esters is 1. The second-order valence-corrected chi connectivity index (χ2v) is 10.5. The van der Waals surface area contributed by atoms with Gasteiger partial charge in [-0.25, -0.2) is 28.0 Å². The predicted octanol–water partition coefficient (Wildman–Crippen LogP) is 4.28. The first kappa shape index (κ1) is 34.1. The smallest absolute Gasteiger partial charge is 0.414 e. The zero-order chi connectivity index (χ0) is 30.6. The Morgan fingerprint density at radius 2 is 1.40 bits per heavy atom. The van der Waals surface area contributed by atoms with Gasteiger partial charge >= 0.3 is 24.2 Å². The number of halogens is 2. The summed E-state index contributed by atoms with van der Waals surface area (Å²) in [7, 11) is 0.905. The number of ether oxygens (including phenoxy) is 4. The Hall–Kier alpha value is -3.97. The van der Waals surface area contributed by atoms with Crippen molar-refractivity contribution in [2.75, 3.05) is 13.7 Å². The molecule has 0 aromatic heterocycles. The van der Waals surface area contributed by atoms with Crippen molar-refractivity contribution in [3.8, 4) is 0 Å². The van der Waals surface area contributed by atoms with E-state index in [1.165, 1.54) is 0 Å². The summed E-state index contributed by atoms with van der Waals surface area (Å²) in [6.07, 6.45) is -7.34. The van der Waals surface area contributed by atoms with Gasteiger partial charge in [0.15, 0.2) is 0 Å². The van der Waals surface area contributed by atoms with Gasteiger partial charge in [-0.15, -0.1) is 0 Å². The second-order valence-electron chi connectivity index (χ2n) is 10.5. The van der Waals surface area contributed by atoms with Gasteiger partial charge in [-0.05, 0) is 59.9 Å². The normalized spacial score (nSPS) is 12.8. The number of nitrogens with one attached hydrogen (secondary N) is 3. The van der Waals surface area contributed by atoms with Crippen LogP contribution in [0.25, 0.3) is 0 Å². The first-order chi connectivity index (χ1) is 18.5. The maximum absolute atomic E-state index is 14.2. The van der Waals surface area contributed by atoms with Crippen LogP contribution < -0.4 is 16.0 Å². The molecule has 0 heterocycles. The molecule has 3 N–H and O–H groups in total. The lowest BCUT2D eigenvalue weighted by Crippen LogP contribution is -2.60. The molecule has 1 atom stereocenters. The first-order valence-electron chi connectivity index (χ1n) is 12.4. The number of aliphatic imine (C=N–C) groups is 1. The third-order valence-corrected chi connectivity index (χ3v) is 4.70. The van der Waals surface area contributed by atoms with Gasteiger partial charge in [-0.1, -0.05) is 30.3 Å². The molecule has 0 fully saturated rings. The van der Waals surface area contributed by atoms with Crippen LogP contribution in [0.3, 0.4) is 0 Å². The molecule has 14 heteroatoms. The number of guanidine groups is 1. The van der Waals surface area contributed by atoms with Crippen LogP contribution in [0.15, 0.2) is 35.3 Å². The van der Waals surface area contributed by atoms with Gasteiger partial charge in [0.05, 0.1) is 7.11 Å². The number of nitrogens with zero attached hydrogens (tertiary/aromatic N) is 1. The summed E-state index contributed by atoms with van der Waals surface area (Å²) in [5.41, 5.74) is -3.86. The van der Waals surface area contributed by atoms with E-state index in [0.29, 0.717) is 5.56 Å². The van der Waals surface area contributed by atoms with Crippen molar-refractivity contribution >= 4 is 30.2 Å². The first-order valence-corrected chi connectivity index (χ1v) is 12.4. The van der Waals surface area contributed by atoms with Crippen LogP contribution in [0.2, 0.25) is 0 Å². The van der Waals surface area contributed by atoms with Crippen molar-refractivity contribution in [1.82, 2.24) is 16.0 Å². The van der Waals surface area contributed by atoms with E-state index in [0.717, 1.165) is 7.11 Å². The second kappa shape index (κ2) is 15.0. The fourth-order valence-electron chi connectivity index (χ4n) is 3.05. The van der Waals surface area contributed by atoms with Crippen molar-refractivity contribution in [2.24, 2.45) is 4.99 Å². The lowest BCUT2D eigenvalue weighted by Gasteiger charge is -2.30. The standard InChI is InChI=1S/C26H38F2N4O8/c1-24(2,3)39-21(34)30-20(31-22(35)40-25(4,5)6)29-15-11-14-26(18(27)28,19(33)37-7)32-23(36)38-16-17-12-9-8-10-13-17/h8-10,12-13,18H,11,14-16H2,1-7H3,(H,32,36)(H2,29,30,31,34,35). The molecule has 1 rings (SSSR count). The third-order valence-electron chi connectivity index (χ3n) is 4.70. The Bertz CT molecular complexity index is 1010. The molecule has 0 saturated heterocycles. The zero-order valence-corrected chi connectivity index (χ0v) is 23.8. The SMILES string of the molecule is COC(=O)C(CCCN=C(NC(=O)OC(C)(C)C)NC(=O)OC(C)(C)C)(NC(=O)OCc1ccccc1)C(F)F. The fraction of sp³-hybridized carbons (Fsp3) is 0.577. The molecule has 0 aliphatic rings. The van der Waals surface area contributed by atoms with Crippen LogP contribution in [0.1, 0.15) is 59.9 Å². The largest absolute Gasteiger partial charge is 0.467 e. The van der Waals surface area contributed by atoms with E-state index in [4.69, 9.17) is 14.2 Å². The monoisotopic (exact) mass is 572 g/mol. The molecule has 0 radical (unpaired) electrons. The lowest BCUT2D eigenvalue weighted by molar-refractivity contribution is -0.156. The van der Waals surface area contributed by atoms with Crippen molar-refractivity contribution in [3.63, 3.8) is 0 Å². The molecule has 1 aromatic carbocycles. The summed E-state index contributed by atoms with van der Waals surface area (Å²) in [6, 6.07) is 8.50. The third kappa shape index (κ3) is 12.7. The van der Waals surface area contributed by atoms with E-state index >= 15 is 0 Å². The molecular weight excluding hydrogens is 534 g/mol. The zero-order valence-electron chi connectivity index (χ0n) is 23.8. The van der Waals surface area contributed by atoms with E-state index in [1.54, 1.807) is 71.9 Å². The lowest BCUT2D eigenvalue weighted by atomic mass is 9.94. The number of benzene rings is 1. The molecule has 1 aromatic rings. The van der Waals surface area contributed by atoms with Gasteiger partial charge in [-0.2, -0.15) is 0 Å². The summed E-state index contributed by atoms with van der Waals surface area (Å²) in [5.74, 6) is -1.76. The molecule has 3 amide bonds. The highest BCUT2D eigenvalue weighted by molar-refractivity contribution is 6.01. The number of alkyl halides is 2. The maximum Gasteiger partial charge on any atom is 0.414 e. The highest BCUT2D eigenvalue weighted by atomic mass is 19.3. The Balaban J connectivity index is 3.01. The molecular formula is C26H38F2N4O8. The number of alkyl carbamates (subject to hydrolysis) is 3. The number of rotatable bonds is 9. The van der Waals surface area contributed by atoms with Gasteiger partial charge < -0.3 is 24.3 Å². The quantitative estimate of drug-likeness (QED) is 0.130. The fourth-order valence-corrected chi connectivity index (χ4v) is 3.05. The molecule has 0 bridgehead atoms. The molecule has 0 saturated carbocycles. The maximum atomic E-state index is 14.2. The van der Waals surface area contributed by atoms with Gasteiger partial charge in [0.2, 0.25) is 11.5 Å². The van der Waals surface area contributed by atoms with E-state index < -0.39 is 53.8 Å². The van der Waals surface area contributed by atoms with Gasteiger partial charge in [0.1, 0.15) is 17.8 Å². The van der Waals surface area contributed by atoms with Gasteiger partial charge in [0.25, 0.3) is 6.43 Å². The summed E-state index contributed by atoms with van der Waals surface area (Å²) < 4.78 is 48.2. The Morgan fingerprint density at radius 1 is 0.875 bits per heavy atom. The highest BCUT2D eigenvalue weighted by Crippen LogP contribution is 2.24. The molecule has 0 aliphatic carbocycles. The van der Waals surface area contributed by atoms with Crippen molar-refractivity contribution in [1.29, 1.82) is 0 Å². The molecule has 0 aliphatic heterocycles. The summed E-state index contributed by atoms with van der Waals surface area (Å²) in [4.78, 5) is 53.2. The predicted molar refractivity (Wildman–Crippen MR) is 141 cm³/mol. The molecule has 1 unspecified atom stereocenters. The van der Waals surface area contributed by atoms with E-state index in [9.17, 15) is 28.0 Å². The summed E-state index contributed by atoms with van der Waals surface area (Å²) in [6.45, 7) is 9.26. The van der Waals surface area contributed by atoms with E-state index in [-0.39, 0.29) is 25.5 Å². The molecule has 224 valence electrons. The minimum absolute atomic E-state index is 0.214. The van der Waals surface area contributed by atoms with Crippen LogP contribution in [0, 0.1) is 0 Å². The average molecular weight is 573 g/mol. The van der Waals surface area contributed by atoms with Crippen molar-refractivity contribution < 1.29 is 46.9 Å². The summed E-state index contributed by atoms with van der Waals surface area (Å²) >= 11 is 0. The van der Waals surface area contributed by atoms with Crippen LogP contribution in [-0.4, -0.2) is 67.0 Å². The summed E-state index contributed by atoms with van der Waals surface area (Å²) in [5, 5.41) is 6.45. The topological polar surface area (TPSA) is 154 Å². The Kier molecular flexibility index (Phi) is 12.8. The number of hydrogen-bond acceptors (Lipinski definition) is 9. The minimum Gasteiger partial charge on any atom is -0.467 e. The number of carbonyl (C=O) groups excluding carboxylic acids is 4. The molecule has 40 heavy (non-hydrogen) atoms. The average Bonchev–Trinajstić information content (AvgIpc) is 2.82. The van der Waals surface area contributed by atoms with Crippen LogP contribution >= 0.6 is 0 Å². The van der Waals surface area contributed by atoms with Gasteiger partial charge in [0, 0.05) is 6.54 Å². The minimum atomic E-state index is -3.37. The van der Waals surface area contributed by atoms with Crippen molar-refractivity contribution in [3.05, 3.63) is 35.9 Å². The molecule has 12 nitrogen and oxygen atoms in total. The van der Waals surface area contributed by atoms with Crippen molar-refractivity contribution in [2.45, 2.75) is 84.2 Å².